The van der Waals surface area contributed by atoms with Crippen molar-refractivity contribution in [3.63, 3.8) is 0 Å². The maximum atomic E-state index is 6.10. The van der Waals surface area contributed by atoms with E-state index in [1.807, 2.05) is 13.1 Å². The molecule has 2 N–H and O–H groups in total. The van der Waals surface area contributed by atoms with Crippen molar-refractivity contribution in [2.75, 3.05) is 38.5 Å². The largest absolute Gasteiger partial charge is 0.398 e. The fourth-order valence-corrected chi connectivity index (χ4v) is 2.96. The van der Waals surface area contributed by atoms with Crippen molar-refractivity contribution in [1.82, 2.24) is 14.8 Å². The lowest BCUT2D eigenvalue weighted by molar-refractivity contribution is 0.122. The third-order valence-corrected chi connectivity index (χ3v) is 4.73. The Morgan fingerprint density at radius 2 is 1.80 bits per heavy atom. The van der Waals surface area contributed by atoms with Crippen LogP contribution in [0.3, 0.4) is 0 Å². The quantitative estimate of drug-likeness (QED) is 0.909. The number of aromatic nitrogens is 1. The number of hydrogen-bond donors (Lipinski definition) is 1. The number of piperazine rings is 1. The second-order valence-corrected chi connectivity index (χ2v) is 6.45. The summed E-state index contributed by atoms with van der Waals surface area (Å²) in [5.41, 5.74) is 10.4. The van der Waals surface area contributed by atoms with Gasteiger partial charge in [0.15, 0.2) is 0 Å². The highest BCUT2D eigenvalue weighted by molar-refractivity contribution is 5.53. The zero-order valence-electron chi connectivity index (χ0n) is 12.7. The third kappa shape index (κ3) is 3.13. The maximum Gasteiger partial charge on any atom is 0.0593 e. The first kappa shape index (κ1) is 13.8. The molecule has 2 heterocycles. The summed E-state index contributed by atoms with van der Waals surface area (Å²) in [6, 6.07) is 0. The summed E-state index contributed by atoms with van der Waals surface area (Å²) in [4.78, 5) is 9.71. The van der Waals surface area contributed by atoms with Crippen LogP contribution < -0.4 is 5.73 Å². The lowest BCUT2D eigenvalue weighted by Gasteiger charge is -2.34. The van der Waals surface area contributed by atoms with Gasteiger partial charge >= 0.3 is 0 Å². The average molecular weight is 274 g/mol. The number of nitrogen functional groups attached to an aromatic ring is 1. The second kappa shape index (κ2) is 5.70. The molecule has 0 spiro atoms. The van der Waals surface area contributed by atoms with Crippen LogP contribution in [-0.4, -0.2) is 47.5 Å². The van der Waals surface area contributed by atoms with Gasteiger partial charge in [-0.15, -0.1) is 0 Å². The van der Waals surface area contributed by atoms with E-state index in [0.717, 1.165) is 48.1 Å². The molecule has 4 nitrogen and oxygen atoms in total. The van der Waals surface area contributed by atoms with E-state index in [2.05, 4.69) is 21.7 Å². The molecule has 20 heavy (non-hydrogen) atoms. The molecular weight excluding hydrogens is 248 g/mol. The van der Waals surface area contributed by atoms with Crippen LogP contribution in [0.1, 0.15) is 29.7 Å². The van der Waals surface area contributed by atoms with E-state index < -0.39 is 0 Å². The maximum absolute atomic E-state index is 6.10. The van der Waals surface area contributed by atoms with Gasteiger partial charge in [0, 0.05) is 51.2 Å². The standard InChI is InChI=1S/C16H26N4/c1-12-9-18-15(13(2)16(12)17)11-20-7-5-19(6-8-20)10-14-3-4-14/h9,14H,3-8,10-11H2,1-2H3,(H2,17,18). The molecule has 0 radical (unpaired) electrons. The van der Waals surface area contributed by atoms with Crippen molar-refractivity contribution in [2.24, 2.45) is 5.92 Å². The van der Waals surface area contributed by atoms with Gasteiger partial charge in [-0.2, -0.15) is 0 Å². The Kier molecular flexibility index (Phi) is 3.94. The van der Waals surface area contributed by atoms with Crippen molar-refractivity contribution >= 4 is 5.69 Å². The van der Waals surface area contributed by atoms with E-state index in [0.29, 0.717) is 0 Å². The molecule has 110 valence electrons. The Bertz CT molecular complexity index is 474. The van der Waals surface area contributed by atoms with E-state index in [1.165, 1.54) is 32.5 Å². The summed E-state index contributed by atoms with van der Waals surface area (Å²) >= 11 is 0. The fraction of sp³-hybridized carbons (Fsp3) is 0.688. The Hall–Kier alpha value is -1.13. The smallest absolute Gasteiger partial charge is 0.0593 e. The number of nitrogens with two attached hydrogens (primary N) is 1. The molecule has 1 aliphatic carbocycles. The molecule has 0 unspecified atom stereocenters. The molecule has 3 rings (SSSR count). The lowest BCUT2D eigenvalue weighted by Crippen LogP contribution is -2.46. The minimum atomic E-state index is 0.905. The number of rotatable bonds is 4. The average Bonchev–Trinajstić information content (AvgIpc) is 3.26. The topological polar surface area (TPSA) is 45.4 Å². The number of nitrogens with zero attached hydrogens (tertiary/aromatic N) is 3. The van der Waals surface area contributed by atoms with Gasteiger partial charge in [-0.1, -0.05) is 0 Å². The SMILES string of the molecule is Cc1cnc(CN2CCN(CC3CC3)CC2)c(C)c1N. The van der Waals surface area contributed by atoms with E-state index in [9.17, 15) is 0 Å². The van der Waals surface area contributed by atoms with Gasteiger partial charge in [-0.3, -0.25) is 9.88 Å². The van der Waals surface area contributed by atoms with Crippen molar-refractivity contribution in [1.29, 1.82) is 0 Å². The number of aryl methyl sites for hydroxylation is 1. The lowest BCUT2D eigenvalue weighted by atomic mass is 10.1. The summed E-state index contributed by atoms with van der Waals surface area (Å²) in [6.07, 6.45) is 4.80. The highest BCUT2D eigenvalue weighted by atomic mass is 15.3. The van der Waals surface area contributed by atoms with Gasteiger partial charge in [0.2, 0.25) is 0 Å². The van der Waals surface area contributed by atoms with Gasteiger partial charge in [-0.25, -0.2) is 0 Å². The molecule has 0 amide bonds. The van der Waals surface area contributed by atoms with Gasteiger partial charge in [-0.05, 0) is 43.7 Å². The van der Waals surface area contributed by atoms with Crippen molar-refractivity contribution in [3.8, 4) is 0 Å². The molecule has 1 saturated heterocycles. The van der Waals surface area contributed by atoms with E-state index in [1.54, 1.807) is 0 Å². The van der Waals surface area contributed by atoms with Gasteiger partial charge in [0.05, 0.1) is 5.69 Å². The monoisotopic (exact) mass is 274 g/mol. The molecule has 1 aromatic rings. The Morgan fingerprint density at radius 3 is 2.45 bits per heavy atom. The van der Waals surface area contributed by atoms with Crippen LogP contribution in [-0.2, 0) is 6.54 Å². The zero-order chi connectivity index (χ0) is 14.1. The van der Waals surface area contributed by atoms with E-state index >= 15 is 0 Å². The predicted octanol–water partition coefficient (Wildman–Crippen LogP) is 1.81. The first-order valence-corrected chi connectivity index (χ1v) is 7.78. The molecular formula is C16H26N4. The highest BCUT2D eigenvalue weighted by Crippen LogP contribution is 2.30. The van der Waals surface area contributed by atoms with Crippen molar-refractivity contribution in [3.05, 3.63) is 23.0 Å². The fourth-order valence-electron chi connectivity index (χ4n) is 2.96. The van der Waals surface area contributed by atoms with Gasteiger partial charge in [0.1, 0.15) is 0 Å². The summed E-state index contributed by atoms with van der Waals surface area (Å²) in [7, 11) is 0. The first-order chi connectivity index (χ1) is 9.63. The van der Waals surface area contributed by atoms with Crippen LogP contribution >= 0.6 is 0 Å². The van der Waals surface area contributed by atoms with Crippen molar-refractivity contribution in [2.45, 2.75) is 33.2 Å². The minimum Gasteiger partial charge on any atom is -0.398 e. The molecule has 1 aromatic heterocycles. The number of anilines is 1. The summed E-state index contributed by atoms with van der Waals surface area (Å²) in [6.45, 7) is 11.1. The van der Waals surface area contributed by atoms with Gasteiger partial charge in [0.25, 0.3) is 0 Å². The molecule has 0 aromatic carbocycles. The summed E-state index contributed by atoms with van der Waals surface area (Å²) < 4.78 is 0. The zero-order valence-corrected chi connectivity index (χ0v) is 12.7. The Labute approximate surface area is 122 Å². The minimum absolute atomic E-state index is 0.905. The predicted molar refractivity (Wildman–Crippen MR) is 82.6 cm³/mol. The molecule has 1 aliphatic heterocycles. The molecule has 4 heteroatoms. The summed E-state index contributed by atoms with van der Waals surface area (Å²) in [5.74, 6) is 1.00. The molecule has 1 saturated carbocycles. The second-order valence-electron chi connectivity index (χ2n) is 6.45. The van der Waals surface area contributed by atoms with Crippen LogP contribution in [0, 0.1) is 19.8 Å². The summed E-state index contributed by atoms with van der Waals surface area (Å²) in [5, 5.41) is 0. The van der Waals surface area contributed by atoms with E-state index in [-0.39, 0.29) is 0 Å². The number of hydrogen-bond acceptors (Lipinski definition) is 4. The van der Waals surface area contributed by atoms with Crippen LogP contribution in [0.5, 0.6) is 0 Å². The molecule has 2 aliphatic rings. The highest BCUT2D eigenvalue weighted by Gasteiger charge is 2.26. The van der Waals surface area contributed by atoms with Crippen LogP contribution in [0.25, 0.3) is 0 Å². The van der Waals surface area contributed by atoms with Gasteiger partial charge < -0.3 is 10.6 Å². The van der Waals surface area contributed by atoms with Crippen LogP contribution in [0.4, 0.5) is 5.69 Å². The van der Waals surface area contributed by atoms with E-state index in [4.69, 9.17) is 5.73 Å². The van der Waals surface area contributed by atoms with Crippen molar-refractivity contribution < 1.29 is 0 Å². The normalized spacial score (nSPS) is 21.3. The van der Waals surface area contributed by atoms with Crippen LogP contribution in [0.2, 0.25) is 0 Å². The third-order valence-electron chi connectivity index (χ3n) is 4.73. The molecule has 0 bridgehead atoms. The first-order valence-electron chi connectivity index (χ1n) is 7.78. The molecule has 0 atom stereocenters. The Morgan fingerprint density at radius 1 is 1.15 bits per heavy atom. The molecule has 2 fully saturated rings. The van der Waals surface area contributed by atoms with Crippen LogP contribution in [0.15, 0.2) is 6.20 Å². The number of pyridine rings is 1. The Balaban J connectivity index is 1.55.